The Morgan fingerprint density at radius 1 is 1.38 bits per heavy atom. The van der Waals surface area contributed by atoms with E-state index >= 15 is 0 Å². The number of piperidine rings is 1. The summed E-state index contributed by atoms with van der Waals surface area (Å²) in [5.41, 5.74) is 1.00. The van der Waals surface area contributed by atoms with Gasteiger partial charge in [0.25, 0.3) is 0 Å². The molecule has 1 amide bonds. The number of carbonyl (C=O) groups excluding carboxylic acids is 1. The van der Waals surface area contributed by atoms with Crippen molar-refractivity contribution in [2.75, 3.05) is 13.1 Å². The minimum atomic E-state index is -0.213. The standard InChI is InChI=1S/C17H26N2O2/c1-14(2)18-17(3)10-7-11-19(13-17)16(20)21-12-15-8-5-4-6-9-15/h4-6,8-9,14,18H,7,10-13H2,1-3H3/t17-/m0/s1. The molecule has 1 aromatic rings. The van der Waals surface area contributed by atoms with E-state index in [-0.39, 0.29) is 11.6 Å². The molecule has 4 nitrogen and oxygen atoms in total. The van der Waals surface area contributed by atoms with Crippen LogP contribution in [0.25, 0.3) is 0 Å². The summed E-state index contributed by atoms with van der Waals surface area (Å²) in [7, 11) is 0. The first kappa shape index (κ1) is 15.8. The van der Waals surface area contributed by atoms with Gasteiger partial charge in [0, 0.05) is 24.7 Å². The van der Waals surface area contributed by atoms with Gasteiger partial charge < -0.3 is 15.0 Å². The van der Waals surface area contributed by atoms with Crippen LogP contribution in [-0.4, -0.2) is 35.7 Å². The fourth-order valence-corrected chi connectivity index (χ4v) is 3.02. The van der Waals surface area contributed by atoms with Gasteiger partial charge in [0.15, 0.2) is 0 Å². The molecule has 0 unspecified atom stereocenters. The highest BCUT2D eigenvalue weighted by molar-refractivity contribution is 5.68. The second kappa shape index (κ2) is 6.94. The third kappa shape index (κ3) is 4.74. The van der Waals surface area contributed by atoms with Crippen LogP contribution in [0.3, 0.4) is 0 Å². The predicted octanol–water partition coefficient (Wildman–Crippen LogP) is 3.18. The van der Waals surface area contributed by atoms with Crippen molar-refractivity contribution in [2.24, 2.45) is 0 Å². The number of ether oxygens (including phenoxy) is 1. The zero-order chi connectivity index (χ0) is 15.3. The molecule has 21 heavy (non-hydrogen) atoms. The minimum absolute atomic E-state index is 0.0157. The quantitative estimate of drug-likeness (QED) is 0.926. The number of nitrogens with zero attached hydrogens (tertiary/aromatic N) is 1. The SMILES string of the molecule is CC(C)N[C@@]1(C)CCCN(C(=O)OCc2ccccc2)C1. The Labute approximate surface area is 127 Å². The van der Waals surface area contributed by atoms with E-state index in [4.69, 9.17) is 4.74 Å². The Kier molecular flexibility index (Phi) is 5.23. The second-order valence-electron chi connectivity index (χ2n) is 6.42. The predicted molar refractivity (Wildman–Crippen MR) is 84.1 cm³/mol. The molecule has 0 radical (unpaired) electrons. The molecule has 4 heteroatoms. The van der Waals surface area contributed by atoms with Gasteiger partial charge in [-0.2, -0.15) is 0 Å². The zero-order valence-corrected chi connectivity index (χ0v) is 13.3. The van der Waals surface area contributed by atoms with Crippen LogP contribution in [0.1, 0.15) is 39.2 Å². The first-order valence-electron chi connectivity index (χ1n) is 7.72. The maximum atomic E-state index is 12.2. The van der Waals surface area contributed by atoms with Gasteiger partial charge in [-0.1, -0.05) is 44.2 Å². The Hall–Kier alpha value is -1.55. The molecule has 0 saturated carbocycles. The van der Waals surface area contributed by atoms with Gasteiger partial charge in [-0.15, -0.1) is 0 Å². The molecule has 0 aromatic heterocycles. The van der Waals surface area contributed by atoms with E-state index in [1.54, 1.807) is 0 Å². The van der Waals surface area contributed by atoms with Crippen LogP contribution in [0.2, 0.25) is 0 Å². The molecule has 1 aliphatic rings. The van der Waals surface area contributed by atoms with Crippen molar-refractivity contribution in [3.8, 4) is 0 Å². The molecule has 1 aliphatic heterocycles. The number of rotatable bonds is 4. The lowest BCUT2D eigenvalue weighted by Gasteiger charge is -2.41. The molecule has 0 aliphatic carbocycles. The van der Waals surface area contributed by atoms with Crippen molar-refractivity contribution in [2.45, 2.75) is 51.8 Å². The lowest BCUT2D eigenvalue weighted by Crippen LogP contribution is -2.58. The Morgan fingerprint density at radius 3 is 2.76 bits per heavy atom. The van der Waals surface area contributed by atoms with Gasteiger partial charge in [0.2, 0.25) is 0 Å². The number of nitrogens with one attached hydrogen (secondary N) is 1. The zero-order valence-electron chi connectivity index (χ0n) is 13.3. The smallest absolute Gasteiger partial charge is 0.410 e. The maximum Gasteiger partial charge on any atom is 0.410 e. The molecule has 1 fully saturated rings. The summed E-state index contributed by atoms with van der Waals surface area (Å²) in [5.74, 6) is 0. The van der Waals surface area contributed by atoms with E-state index in [2.05, 4.69) is 26.1 Å². The summed E-state index contributed by atoms with van der Waals surface area (Å²) in [6.45, 7) is 8.28. The minimum Gasteiger partial charge on any atom is -0.445 e. The summed E-state index contributed by atoms with van der Waals surface area (Å²) in [6.07, 6.45) is 1.89. The fraction of sp³-hybridized carbons (Fsp3) is 0.588. The van der Waals surface area contributed by atoms with Crippen LogP contribution in [0.4, 0.5) is 4.79 Å². The van der Waals surface area contributed by atoms with Crippen LogP contribution in [0.15, 0.2) is 30.3 Å². The molecule has 116 valence electrons. The van der Waals surface area contributed by atoms with Crippen molar-refractivity contribution >= 4 is 6.09 Å². The monoisotopic (exact) mass is 290 g/mol. The number of amides is 1. The van der Waals surface area contributed by atoms with Crippen molar-refractivity contribution < 1.29 is 9.53 Å². The summed E-state index contributed by atoms with van der Waals surface area (Å²) in [4.78, 5) is 14.0. The van der Waals surface area contributed by atoms with Crippen LogP contribution >= 0.6 is 0 Å². The molecule has 1 N–H and O–H groups in total. The lowest BCUT2D eigenvalue weighted by atomic mass is 9.90. The highest BCUT2D eigenvalue weighted by Gasteiger charge is 2.33. The number of carbonyl (C=O) groups is 1. The van der Waals surface area contributed by atoms with Gasteiger partial charge in [-0.05, 0) is 25.3 Å². The molecule has 1 atom stereocenters. The van der Waals surface area contributed by atoms with E-state index in [0.717, 1.165) is 24.9 Å². The van der Waals surface area contributed by atoms with E-state index in [1.165, 1.54) is 0 Å². The molecule has 2 rings (SSSR count). The van der Waals surface area contributed by atoms with Crippen molar-refractivity contribution in [3.63, 3.8) is 0 Å². The van der Waals surface area contributed by atoms with Gasteiger partial charge in [0.1, 0.15) is 6.61 Å². The summed E-state index contributed by atoms with van der Waals surface area (Å²) in [5, 5.41) is 3.57. The Balaban J connectivity index is 1.87. The first-order valence-corrected chi connectivity index (χ1v) is 7.72. The van der Waals surface area contributed by atoms with E-state index in [0.29, 0.717) is 19.2 Å². The van der Waals surface area contributed by atoms with Gasteiger partial charge in [-0.25, -0.2) is 4.79 Å². The summed E-state index contributed by atoms with van der Waals surface area (Å²) < 4.78 is 5.43. The average Bonchev–Trinajstić information content (AvgIpc) is 2.44. The number of hydrogen-bond donors (Lipinski definition) is 1. The molecular weight excluding hydrogens is 264 g/mol. The summed E-state index contributed by atoms with van der Waals surface area (Å²) >= 11 is 0. The van der Waals surface area contributed by atoms with Gasteiger partial charge >= 0.3 is 6.09 Å². The number of hydrogen-bond acceptors (Lipinski definition) is 3. The number of benzene rings is 1. The largest absolute Gasteiger partial charge is 0.445 e. The van der Waals surface area contributed by atoms with Gasteiger partial charge in [-0.3, -0.25) is 0 Å². The van der Waals surface area contributed by atoms with Crippen LogP contribution < -0.4 is 5.32 Å². The third-order valence-corrected chi connectivity index (χ3v) is 3.80. The molecule has 1 aromatic carbocycles. The second-order valence-corrected chi connectivity index (χ2v) is 6.42. The Bertz CT molecular complexity index is 461. The van der Waals surface area contributed by atoms with E-state index in [1.807, 2.05) is 35.2 Å². The van der Waals surface area contributed by atoms with Crippen LogP contribution in [-0.2, 0) is 11.3 Å². The molecule has 1 saturated heterocycles. The fourth-order valence-electron chi connectivity index (χ4n) is 3.02. The van der Waals surface area contributed by atoms with Crippen LogP contribution in [0.5, 0.6) is 0 Å². The van der Waals surface area contributed by atoms with E-state index < -0.39 is 0 Å². The third-order valence-electron chi connectivity index (χ3n) is 3.80. The maximum absolute atomic E-state index is 12.2. The first-order chi connectivity index (χ1) is 9.98. The summed E-state index contributed by atoms with van der Waals surface area (Å²) in [6, 6.07) is 10.2. The van der Waals surface area contributed by atoms with Gasteiger partial charge in [0.05, 0.1) is 0 Å². The van der Waals surface area contributed by atoms with Crippen molar-refractivity contribution in [3.05, 3.63) is 35.9 Å². The van der Waals surface area contributed by atoms with Crippen molar-refractivity contribution in [1.29, 1.82) is 0 Å². The normalized spacial score (nSPS) is 22.4. The Morgan fingerprint density at radius 2 is 2.10 bits per heavy atom. The molecule has 0 bridgehead atoms. The highest BCUT2D eigenvalue weighted by atomic mass is 16.6. The average molecular weight is 290 g/mol. The molecule has 1 heterocycles. The van der Waals surface area contributed by atoms with Crippen LogP contribution in [0, 0.1) is 0 Å². The number of likely N-dealkylation sites (tertiary alicyclic amines) is 1. The highest BCUT2D eigenvalue weighted by Crippen LogP contribution is 2.22. The molecular formula is C17H26N2O2. The topological polar surface area (TPSA) is 41.6 Å². The molecule has 0 spiro atoms. The van der Waals surface area contributed by atoms with Crippen molar-refractivity contribution in [1.82, 2.24) is 10.2 Å². The van der Waals surface area contributed by atoms with E-state index in [9.17, 15) is 4.79 Å². The lowest BCUT2D eigenvalue weighted by molar-refractivity contribution is 0.0672.